The molecule has 12 aromatic carbocycles. The van der Waals surface area contributed by atoms with E-state index in [1.807, 2.05) is 48.5 Å². The molecule has 12 aromatic rings. The third-order valence-corrected chi connectivity index (χ3v) is 16.7. The Morgan fingerprint density at radius 2 is 0.697 bits per heavy atom. The van der Waals surface area contributed by atoms with Crippen LogP contribution >= 0.6 is 0 Å². The lowest BCUT2D eigenvalue weighted by Crippen LogP contribution is -2.16. The van der Waals surface area contributed by atoms with Crippen molar-refractivity contribution in [3.63, 3.8) is 0 Å². The van der Waals surface area contributed by atoms with Gasteiger partial charge in [-0.05, 0) is 138 Å². The molecule has 0 atom stereocenters. The maximum atomic E-state index is 10.3. The van der Waals surface area contributed by atoms with Gasteiger partial charge < -0.3 is 9.80 Å². The van der Waals surface area contributed by atoms with Gasteiger partial charge in [0, 0.05) is 44.1 Å². The summed E-state index contributed by atoms with van der Waals surface area (Å²) in [5, 5.41) is 27.6. The van der Waals surface area contributed by atoms with Crippen LogP contribution in [0, 0.1) is 22.7 Å². The van der Waals surface area contributed by atoms with Crippen LogP contribution in [-0.4, -0.2) is 0 Å². The molecule has 0 unspecified atom stereocenters. The van der Waals surface area contributed by atoms with Crippen molar-refractivity contribution in [2.24, 2.45) is 0 Å². The molecule has 0 amide bonds. The fourth-order valence-corrected chi connectivity index (χ4v) is 13.1. The molecular formula is C72H50N4. The largest absolute Gasteiger partial charge is 0.309 e. The molecule has 2 aliphatic carbocycles. The predicted molar refractivity (Wildman–Crippen MR) is 315 cm³/mol. The third-order valence-electron chi connectivity index (χ3n) is 16.7. The lowest BCUT2D eigenvalue weighted by molar-refractivity contribution is 0.660. The Kier molecular flexibility index (Phi) is 9.99. The van der Waals surface area contributed by atoms with Crippen molar-refractivity contribution >= 4 is 66.4 Å². The van der Waals surface area contributed by atoms with Crippen molar-refractivity contribution in [2.75, 3.05) is 9.80 Å². The van der Waals surface area contributed by atoms with Crippen LogP contribution in [0.15, 0.2) is 231 Å². The summed E-state index contributed by atoms with van der Waals surface area (Å²) in [6.07, 6.45) is 0. The summed E-state index contributed by atoms with van der Waals surface area (Å²) in [7, 11) is 0. The first-order chi connectivity index (χ1) is 37.1. The van der Waals surface area contributed by atoms with Crippen LogP contribution in [0.5, 0.6) is 0 Å². The fraction of sp³-hybridized carbons (Fsp3) is 0.0833. The molecule has 0 aromatic heterocycles. The maximum Gasteiger partial charge on any atom is 0.0998 e. The van der Waals surface area contributed by atoms with Gasteiger partial charge in [-0.3, -0.25) is 0 Å². The van der Waals surface area contributed by atoms with Gasteiger partial charge in [0.15, 0.2) is 0 Å². The molecule has 0 spiro atoms. The molecule has 0 heterocycles. The normalized spacial score (nSPS) is 13.4. The highest BCUT2D eigenvalue weighted by Gasteiger charge is 2.40. The molecule has 0 fully saturated rings. The zero-order valence-corrected chi connectivity index (χ0v) is 42.7. The third kappa shape index (κ3) is 6.54. The Labute approximate surface area is 443 Å². The first kappa shape index (κ1) is 44.9. The molecule has 14 rings (SSSR count). The van der Waals surface area contributed by atoms with E-state index in [1.165, 1.54) is 55.3 Å². The SMILES string of the molecule is CC1(C)c2ccccc2-c2c(N(c3cccc(-c4ccccc4C#N)c3)c3ccc4ccc5c(N(c6cccc(-c7ccccc7C#N)c6)c6cccc7c6-c6ccccc6C7(C)C)ccc6ccc3c4c65)cccc21. The molecule has 0 saturated carbocycles. The highest BCUT2D eigenvalue weighted by molar-refractivity contribution is 6.28. The van der Waals surface area contributed by atoms with E-state index in [1.54, 1.807) is 0 Å². The van der Waals surface area contributed by atoms with Crippen molar-refractivity contribution in [3.8, 4) is 56.6 Å². The summed E-state index contributed by atoms with van der Waals surface area (Å²) in [6, 6.07) is 87.8. The van der Waals surface area contributed by atoms with Crippen molar-refractivity contribution in [1.82, 2.24) is 0 Å². The zero-order chi connectivity index (χ0) is 51.5. The monoisotopic (exact) mass is 970 g/mol. The Balaban J connectivity index is 1.04. The first-order valence-corrected chi connectivity index (χ1v) is 26.1. The van der Waals surface area contributed by atoms with Gasteiger partial charge in [-0.1, -0.05) is 198 Å². The van der Waals surface area contributed by atoms with E-state index in [0.717, 1.165) is 77.9 Å². The summed E-state index contributed by atoms with van der Waals surface area (Å²) < 4.78 is 0. The van der Waals surface area contributed by atoms with Gasteiger partial charge in [-0.2, -0.15) is 10.5 Å². The van der Waals surface area contributed by atoms with Gasteiger partial charge in [0.25, 0.3) is 0 Å². The second-order valence-corrected chi connectivity index (χ2v) is 21.4. The Hall–Kier alpha value is -9.74. The molecular weight excluding hydrogens is 921 g/mol. The number of nitriles is 2. The number of anilines is 6. The van der Waals surface area contributed by atoms with E-state index in [9.17, 15) is 10.5 Å². The molecule has 0 aliphatic heterocycles. The summed E-state index contributed by atoms with van der Waals surface area (Å²) in [6.45, 7) is 9.36. The van der Waals surface area contributed by atoms with Crippen LogP contribution in [0.1, 0.15) is 61.1 Å². The molecule has 76 heavy (non-hydrogen) atoms. The van der Waals surface area contributed by atoms with Crippen molar-refractivity contribution in [3.05, 3.63) is 264 Å². The average Bonchev–Trinajstić information content (AvgIpc) is 3.89. The van der Waals surface area contributed by atoms with Crippen LogP contribution in [-0.2, 0) is 10.8 Å². The van der Waals surface area contributed by atoms with E-state index in [0.29, 0.717) is 11.1 Å². The number of fused-ring (bicyclic) bond motifs is 6. The Bertz CT molecular complexity index is 4180. The van der Waals surface area contributed by atoms with Gasteiger partial charge in [0.05, 0.1) is 46.0 Å². The van der Waals surface area contributed by atoms with E-state index < -0.39 is 0 Å². The number of hydrogen-bond donors (Lipinski definition) is 0. The van der Waals surface area contributed by atoms with Crippen LogP contribution in [0.2, 0.25) is 0 Å². The van der Waals surface area contributed by atoms with Gasteiger partial charge in [-0.15, -0.1) is 0 Å². The molecule has 0 radical (unpaired) electrons. The highest BCUT2D eigenvalue weighted by atomic mass is 15.2. The van der Waals surface area contributed by atoms with E-state index in [2.05, 4.69) is 232 Å². The van der Waals surface area contributed by atoms with Crippen LogP contribution in [0.25, 0.3) is 76.8 Å². The minimum atomic E-state index is -0.207. The van der Waals surface area contributed by atoms with Gasteiger partial charge in [0.2, 0.25) is 0 Å². The van der Waals surface area contributed by atoms with Crippen molar-refractivity contribution in [1.29, 1.82) is 10.5 Å². The number of hydrogen-bond acceptors (Lipinski definition) is 4. The smallest absolute Gasteiger partial charge is 0.0998 e. The number of nitrogens with zero attached hydrogens (tertiary/aromatic N) is 4. The minimum absolute atomic E-state index is 0.207. The quantitative estimate of drug-likeness (QED) is 0.142. The summed E-state index contributed by atoms with van der Waals surface area (Å²) in [4.78, 5) is 4.93. The van der Waals surface area contributed by atoms with Crippen LogP contribution in [0.4, 0.5) is 34.1 Å². The molecule has 358 valence electrons. The Morgan fingerprint density at radius 3 is 1.13 bits per heavy atom. The maximum absolute atomic E-state index is 10.3. The van der Waals surface area contributed by atoms with Gasteiger partial charge in [-0.25, -0.2) is 0 Å². The highest BCUT2D eigenvalue weighted by Crippen LogP contribution is 2.58. The lowest BCUT2D eigenvalue weighted by Gasteiger charge is -2.32. The summed E-state index contributed by atoms with van der Waals surface area (Å²) in [5.74, 6) is 0. The second-order valence-electron chi connectivity index (χ2n) is 21.4. The standard InChI is InChI=1S/C72H50N4/c1-71(2)59-27-11-9-25-55(59)69-61(71)29-15-31-65(69)75(51-21-13-19-47(41-51)53-23-7-5-17-49(53)43-73)63-39-35-45-34-38-58-64(40-36-46-33-37-57(63)67(45)68(46)58)76(52-22-14-20-48(42-52)54-24-8-6-18-50(54)44-74)66-32-16-30-62-70(66)56-26-10-12-28-60(56)72(62,3)4/h5-42H,1-4H3. The zero-order valence-electron chi connectivity index (χ0n) is 42.7. The number of benzene rings is 12. The Morgan fingerprint density at radius 1 is 0.329 bits per heavy atom. The second kappa shape index (κ2) is 16.9. The van der Waals surface area contributed by atoms with Gasteiger partial charge >= 0.3 is 0 Å². The molecule has 0 N–H and O–H groups in total. The first-order valence-electron chi connectivity index (χ1n) is 26.1. The molecule has 4 heteroatoms. The number of rotatable bonds is 8. The minimum Gasteiger partial charge on any atom is -0.309 e. The van der Waals surface area contributed by atoms with E-state index in [4.69, 9.17) is 0 Å². The molecule has 2 aliphatic rings. The summed E-state index contributed by atoms with van der Waals surface area (Å²) >= 11 is 0. The van der Waals surface area contributed by atoms with Crippen LogP contribution < -0.4 is 9.80 Å². The predicted octanol–water partition coefficient (Wildman–Crippen LogP) is 19.2. The van der Waals surface area contributed by atoms with E-state index in [-0.39, 0.29) is 10.8 Å². The average molecular weight is 971 g/mol. The fourth-order valence-electron chi connectivity index (χ4n) is 13.1. The summed E-state index contributed by atoms with van der Waals surface area (Å²) in [5.41, 5.74) is 21.1. The molecule has 4 nitrogen and oxygen atoms in total. The molecule has 0 bridgehead atoms. The lowest BCUT2D eigenvalue weighted by atomic mass is 9.82. The van der Waals surface area contributed by atoms with Gasteiger partial charge in [0.1, 0.15) is 0 Å². The van der Waals surface area contributed by atoms with Crippen LogP contribution in [0.3, 0.4) is 0 Å². The van der Waals surface area contributed by atoms with E-state index >= 15 is 0 Å². The van der Waals surface area contributed by atoms with Crippen molar-refractivity contribution in [2.45, 2.75) is 38.5 Å². The molecule has 0 saturated heterocycles. The van der Waals surface area contributed by atoms with Crippen molar-refractivity contribution < 1.29 is 0 Å². The topological polar surface area (TPSA) is 54.1 Å².